The summed E-state index contributed by atoms with van der Waals surface area (Å²) in [5.74, 6) is -0.619. The third-order valence-electron chi connectivity index (χ3n) is 2.83. The van der Waals surface area contributed by atoms with E-state index in [1.54, 1.807) is 0 Å². The van der Waals surface area contributed by atoms with Crippen LogP contribution in [0.2, 0.25) is 0 Å². The van der Waals surface area contributed by atoms with Crippen molar-refractivity contribution < 1.29 is 9.90 Å². The van der Waals surface area contributed by atoms with Crippen molar-refractivity contribution in [3.05, 3.63) is 0 Å². The lowest BCUT2D eigenvalue weighted by atomic mass is 9.96. The lowest BCUT2D eigenvalue weighted by molar-refractivity contribution is -0.128. The number of likely N-dealkylation sites (tertiary alicyclic amines) is 1. The number of hydrogen-bond acceptors (Lipinski definition) is 3. The van der Waals surface area contributed by atoms with E-state index >= 15 is 0 Å². The fourth-order valence-corrected chi connectivity index (χ4v) is 1.86. The molecule has 1 amide bonds. The van der Waals surface area contributed by atoms with Crippen LogP contribution in [0.15, 0.2) is 0 Å². The molecule has 68 valence electrons. The fourth-order valence-electron chi connectivity index (χ4n) is 1.86. The molecule has 12 heavy (non-hydrogen) atoms. The molecular formula is C8H14N2O2. The number of primary amides is 1. The van der Waals surface area contributed by atoms with Crippen LogP contribution in [0.4, 0.5) is 0 Å². The van der Waals surface area contributed by atoms with Gasteiger partial charge in [0.25, 0.3) is 0 Å². The molecule has 1 saturated carbocycles. The molecule has 1 saturated heterocycles. The van der Waals surface area contributed by atoms with Gasteiger partial charge in [-0.05, 0) is 18.3 Å². The number of aliphatic hydroxyl groups is 1. The second-order valence-corrected chi connectivity index (χ2v) is 4.09. The first kappa shape index (κ1) is 8.01. The van der Waals surface area contributed by atoms with Crippen molar-refractivity contribution in [1.29, 1.82) is 0 Å². The van der Waals surface area contributed by atoms with Crippen LogP contribution in [-0.4, -0.2) is 41.7 Å². The Balaban J connectivity index is 1.71. The van der Waals surface area contributed by atoms with Gasteiger partial charge in [0.1, 0.15) is 6.10 Å². The molecule has 1 aliphatic carbocycles. The van der Waals surface area contributed by atoms with Crippen LogP contribution in [0, 0.1) is 5.41 Å². The molecule has 0 aromatic carbocycles. The molecule has 1 atom stereocenters. The highest BCUT2D eigenvalue weighted by molar-refractivity contribution is 5.78. The number of nitrogens with zero attached hydrogens (tertiary/aromatic N) is 1. The third kappa shape index (κ3) is 1.32. The summed E-state index contributed by atoms with van der Waals surface area (Å²) in [6.07, 6.45) is 1.65. The van der Waals surface area contributed by atoms with Gasteiger partial charge in [0.2, 0.25) is 5.91 Å². The van der Waals surface area contributed by atoms with E-state index in [9.17, 15) is 4.79 Å². The average molecular weight is 170 g/mol. The molecule has 1 spiro atoms. The molecule has 3 N–H and O–H groups in total. The van der Waals surface area contributed by atoms with Gasteiger partial charge in [-0.2, -0.15) is 0 Å². The van der Waals surface area contributed by atoms with Crippen LogP contribution in [0.3, 0.4) is 0 Å². The van der Waals surface area contributed by atoms with Crippen molar-refractivity contribution in [2.75, 3.05) is 19.6 Å². The Morgan fingerprint density at radius 2 is 2.17 bits per heavy atom. The molecule has 0 radical (unpaired) electrons. The third-order valence-corrected chi connectivity index (χ3v) is 2.83. The molecule has 2 aliphatic rings. The standard InChI is InChI=1S/C8H14N2O2/c9-7(12)6(11)3-10-4-8(5-10)1-2-8/h6,11H,1-5H2,(H2,9,12). The van der Waals surface area contributed by atoms with Gasteiger partial charge in [0.15, 0.2) is 0 Å². The molecule has 1 heterocycles. The van der Waals surface area contributed by atoms with E-state index in [0.29, 0.717) is 12.0 Å². The Morgan fingerprint density at radius 3 is 2.58 bits per heavy atom. The van der Waals surface area contributed by atoms with Crippen molar-refractivity contribution in [3.63, 3.8) is 0 Å². The minimum Gasteiger partial charge on any atom is -0.382 e. The number of carbonyl (C=O) groups excluding carboxylic acids is 1. The largest absolute Gasteiger partial charge is 0.382 e. The maximum absolute atomic E-state index is 10.5. The maximum Gasteiger partial charge on any atom is 0.247 e. The Kier molecular flexibility index (Phi) is 1.63. The Hall–Kier alpha value is -0.610. The summed E-state index contributed by atoms with van der Waals surface area (Å²) in [5.41, 5.74) is 5.51. The van der Waals surface area contributed by atoms with E-state index in [2.05, 4.69) is 4.90 Å². The Labute approximate surface area is 71.3 Å². The van der Waals surface area contributed by atoms with Gasteiger partial charge in [-0.3, -0.25) is 9.69 Å². The lowest BCUT2D eigenvalue weighted by Crippen LogP contribution is -2.53. The normalized spacial score (nSPS) is 28.1. The fraction of sp³-hybridized carbons (Fsp3) is 0.875. The van der Waals surface area contributed by atoms with Crippen molar-refractivity contribution in [2.24, 2.45) is 11.1 Å². The van der Waals surface area contributed by atoms with Crippen LogP contribution < -0.4 is 5.73 Å². The van der Waals surface area contributed by atoms with Crippen molar-refractivity contribution >= 4 is 5.91 Å². The summed E-state index contributed by atoms with van der Waals surface area (Å²) in [5, 5.41) is 9.14. The van der Waals surface area contributed by atoms with Crippen molar-refractivity contribution in [1.82, 2.24) is 4.90 Å². The van der Waals surface area contributed by atoms with Crippen LogP contribution in [0.25, 0.3) is 0 Å². The second kappa shape index (κ2) is 2.44. The van der Waals surface area contributed by atoms with Gasteiger partial charge in [-0.25, -0.2) is 0 Å². The zero-order chi connectivity index (χ0) is 8.77. The topological polar surface area (TPSA) is 66.6 Å². The first-order valence-corrected chi connectivity index (χ1v) is 4.31. The Morgan fingerprint density at radius 1 is 1.58 bits per heavy atom. The van der Waals surface area contributed by atoms with Gasteiger partial charge in [-0.15, -0.1) is 0 Å². The summed E-state index contributed by atoms with van der Waals surface area (Å²) < 4.78 is 0. The van der Waals surface area contributed by atoms with Crippen molar-refractivity contribution in [2.45, 2.75) is 18.9 Å². The van der Waals surface area contributed by atoms with Crippen LogP contribution in [-0.2, 0) is 4.79 Å². The summed E-state index contributed by atoms with van der Waals surface area (Å²) >= 11 is 0. The molecule has 4 heteroatoms. The van der Waals surface area contributed by atoms with Gasteiger partial charge < -0.3 is 10.8 Å². The van der Waals surface area contributed by atoms with E-state index in [0.717, 1.165) is 13.1 Å². The van der Waals surface area contributed by atoms with Gasteiger partial charge in [0, 0.05) is 19.6 Å². The van der Waals surface area contributed by atoms with E-state index in [4.69, 9.17) is 10.8 Å². The molecule has 0 bridgehead atoms. The number of aliphatic hydroxyl groups excluding tert-OH is 1. The van der Waals surface area contributed by atoms with E-state index < -0.39 is 12.0 Å². The highest BCUT2D eigenvalue weighted by atomic mass is 16.3. The van der Waals surface area contributed by atoms with Crippen molar-refractivity contribution in [3.8, 4) is 0 Å². The molecule has 2 rings (SSSR count). The summed E-state index contributed by atoms with van der Waals surface area (Å²) in [7, 11) is 0. The molecular weight excluding hydrogens is 156 g/mol. The van der Waals surface area contributed by atoms with E-state index in [1.807, 2.05) is 0 Å². The Bertz CT molecular complexity index is 205. The van der Waals surface area contributed by atoms with Gasteiger partial charge in [0.05, 0.1) is 0 Å². The predicted octanol–water partition coefficient (Wildman–Crippen LogP) is -1.07. The highest BCUT2D eigenvalue weighted by Crippen LogP contribution is 2.52. The molecule has 2 fully saturated rings. The minimum absolute atomic E-state index is 0.414. The van der Waals surface area contributed by atoms with Crippen LogP contribution in [0.5, 0.6) is 0 Å². The smallest absolute Gasteiger partial charge is 0.247 e. The summed E-state index contributed by atoms with van der Waals surface area (Å²) in [6, 6.07) is 0. The van der Waals surface area contributed by atoms with Gasteiger partial charge in [-0.1, -0.05) is 0 Å². The average Bonchev–Trinajstić information content (AvgIpc) is 2.65. The summed E-state index contributed by atoms with van der Waals surface area (Å²) in [4.78, 5) is 12.6. The first-order chi connectivity index (χ1) is 5.61. The summed E-state index contributed by atoms with van der Waals surface area (Å²) in [6.45, 7) is 2.49. The van der Waals surface area contributed by atoms with Gasteiger partial charge >= 0.3 is 0 Å². The highest BCUT2D eigenvalue weighted by Gasteiger charge is 2.52. The second-order valence-electron chi connectivity index (χ2n) is 4.09. The number of hydrogen-bond donors (Lipinski definition) is 2. The number of nitrogens with two attached hydrogens (primary N) is 1. The lowest BCUT2D eigenvalue weighted by Gasteiger charge is -2.40. The van der Waals surface area contributed by atoms with Crippen LogP contribution in [0.1, 0.15) is 12.8 Å². The minimum atomic E-state index is -0.985. The number of carbonyl (C=O) groups is 1. The molecule has 0 aromatic rings. The SMILES string of the molecule is NC(=O)C(O)CN1CC2(CC2)C1. The number of amides is 1. The molecule has 1 aliphatic heterocycles. The first-order valence-electron chi connectivity index (χ1n) is 4.31. The quantitative estimate of drug-likeness (QED) is 0.566. The zero-order valence-corrected chi connectivity index (χ0v) is 6.99. The predicted molar refractivity (Wildman–Crippen MR) is 43.3 cm³/mol. The van der Waals surface area contributed by atoms with E-state index in [-0.39, 0.29) is 0 Å². The van der Waals surface area contributed by atoms with E-state index in [1.165, 1.54) is 12.8 Å². The maximum atomic E-state index is 10.5. The molecule has 0 aromatic heterocycles. The molecule has 1 unspecified atom stereocenters. The number of rotatable bonds is 3. The van der Waals surface area contributed by atoms with Crippen LogP contribution >= 0.6 is 0 Å². The molecule has 4 nitrogen and oxygen atoms in total. The zero-order valence-electron chi connectivity index (χ0n) is 6.99. The monoisotopic (exact) mass is 170 g/mol. The number of β-amino-alcohol motifs (C(OH)–C–C–N with tert-alkyl or cyclic N) is 1.